The maximum absolute atomic E-state index is 14.4. The molecule has 41 heavy (non-hydrogen) atoms. The highest BCUT2D eigenvalue weighted by Crippen LogP contribution is 2.50. The molecular formula is C33H30N2O6. The Labute approximate surface area is 238 Å². The van der Waals surface area contributed by atoms with Crippen molar-refractivity contribution in [3.05, 3.63) is 113 Å². The van der Waals surface area contributed by atoms with Gasteiger partial charge in [0.2, 0.25) is 5.75 Å². The molecule has 0 unspecified atom stereocenters. The molecule has 2 atom stereocenters. The third-order valence-electron chi connectivity index (χ3n) is 7.68. The predicted molar refractivity (Wildman–Crippen MR) is 155 cm³/mol. The fourth-order valence-corrected chi connectivity index (χ4v) is 5.83. The second kappa shape index (κ2) is 10.9. The molecule has 1 aliphatic heterocycles. The summed E-state index contributed by atoms with van der Waals surface area (Å²) in [5, 5.41) is 3.54. The average Bonchev–Trinajstić information content (AvgIpc) is 3.50. The maximum Gasteiger partial charge on any atom is 0.259 e. The Morgan fingerprint density at radius 1 is 0.878 bits per heavy atom. The molecule has 1 amide bonds. The van der Waals surface area contributed by atoms with Gasteiger partial charge in [0.05, 0.1) is 45.0 Å². The van der Waals surface area contributed by atoms with Gasteiger partial charge in [-0.15, -0.1) is 0 Å². The minimum atomic E-state index is -0.785. The monoisotopic (exact) mass is 550 g/mol. The summed E-state index contributed by atoms with van der Waals surface area (Å²) in [6, 6.07) is 23.2. The zero-order chi connectivity index (χ0) is 28.5. The van der Waals surface area contributed by atoms with E-state index in [0.717, 1.165) is 17.1 Å². The van der Waals surface area contributed by atoms with Gasteiger partial charge in [-0.2, -0.15) is 0 Å². The number of ketones is 1. The van der Waals surface area contributed by atoms with Crippen LogP contribution in [-0.2, 0) is 4.79 Å². The fourth-order valence-electron chi connectivity index (χ4n) is 5.83. The molecular weight excluding hydrogens is 520 g/mol. The first-order valence-electron chi connectivity index (χ1n) is 13.4. The molecule has 0 radical (unpaired) electrons. The van der Waals surface area contributed by atoms with E-state index in [1.807, 2.05) is 66.7 Å². The summed E-state index contributed by atoms with van der Waals surface area (Å²) >= 11 is 0. The SMILES string of the molecule is COc1cc([C@@H]2C3=C(C[C@H](c4ccco4)CC3=O)Nc3ccccc3N2C(=O)c2ccccc2)cc(OC)c1OC. The maximum atomic E-state index is 14.4. The smallest absolute Gasteiger partial charge is 0.259 e. The number of anilines is 2. The topological polar surface area (TPSA) is 90.2 Å². The van der Waals surface area contributed by atoms with Crippen molar-refractivity contribution in [2.45, 2.75) is 24.8 Å². The lowest BCUT2D eigenvalue weighted by atomic mass is 9.79. The van der Waals surface area contributed by atoms with Gasteiger partial charge in [0, 0.05) is 29.2 Å². The molecule has 6 rings (SSSR count). The van der Waals surface area contributed by atoms with Crippen molar-refractivity contribution in [1.29, 1.82) is 0 Å². The predicted octanol–water partition coefficient (Wildman–Crippen LogP) is 6.52. The zero-order valence-electron chi connectivity index (χ0n) is 23.0. The van der Waals surface area contributed by atoms with Crippen molar-refractivity contribution >= 4 is 23.1 Å². The summed E-state index contributed by atoms with van der Waals surface area (Å²) in [5.41, 5.74) is 3.80. The van der Waals surface area contributed by atoms with Crippen LogP contribution in [0, 0.1) is 0 Å². The molecule has 2 aliphatic rings. The molecule has 0 saturated heterocycles. The standard InChI is InChI=1S/C33H30N2O6/c1-38-28-18-22(19-29(39-2)32(28)40-3)31-30-24(16-21(17-26(30)36)27-14-9-15-41-27)34-23-12-7-8-13-25(23)35(31)33(37)20-10-5-4-6-11-20/h4-15,18-19,21,31,34H,16-17H2,1-3H3/t21-,31+/m0/s1. The third kappa shape index (κ3) is 4.61. The number of allylic oxidation sites excluding steroid dienone is 1. The van der Waals surface area contributed by atoms with Crippen molar-refractivity contribution in [3.63, 3.8) is 0 Å². The van der Waals surface area contributed by atoms with Crippen LogP contribution in [0.15, 0.2) is 101 Å². The van der Waals surface area contributed by atoms with Crippen LogP contribution in [0.3, 0.4) is 0 Å². The number of para-hydroxylation sites is 2. The van der Waals surface area contributed by atoms with Crippen LogP contribution in [0.4, 0.5) is 11.4 Å². The van der Waals surface area contributed by atoms with E-state index in [9.17, 15) is 9.59 Å². The fraction of sp³-hybridized carbons (Fsp3) is 0.212. The molecule has 8 nitrogen and oxygen atoms in total. The highest BCUT2D eigenvalue weighted by Gasteiger charge is 2.43. The van der Waals surface area contributed by atoms with E-state index in [1.165, 1.54) is 7.11 Å². The van der Waals surface area contributed by atoms with E-state index < -0.39 is 6.04 Å². The normalized spacial score (nSPS) is 18.1. The summed E-state index contributed by atoms with van der Waals surface area (Å²) in [6.45, 7) is 0. The number of methoxy groups -OCH3 is 3. The van der Waals surface area contributed by atoms with E-state index in [0.29, 0.717) is 46.1 Å². The minimum Gasteiger partial charge on any atom is -0.493 e. The quantitative estimate of drug-likeness (QED) is 0.292. The molecule has 0 saturated carbocycles. The van der Waals surface area contributed by atoms with Gasteiger partial charge >= 0.3 is 0 Å². The molecule has 0 bridgehead atoms. The lowest BCUT2D eigenvalue weighted by Gasteiger charge is -2.35. The highest BCUT2D eigenvalue weighted by molar-refractivity contribution is 6.12. The van der Waals surface area contributed by atoms with Crippen LogP contribution in [0.2, 0.25) is 0 Å². The van der Waals surface area contributed by atoms with Crippen molar-refractivity contribution in [2.75, 3.05) is 31.5 Å². The number of furan rings is 1. The Morgan fingerprint density at radius 3 is 2.24 bits per heavy atom. The van der Waals surface area contributed by atoms with Crippen LogP contribution < -0.4 is 24.4 Å². The number of nitrogens with one attached hydrogen (secondary N) is 1. The molecule has 0 spiro atoms. The summed E-state index contributed by atoms with van der Waals surface area (Å²) in [4.78, 5) is 30.3. The average molecular weight is 551 g/mol. The number of amides is 1. The molecule has 8 heteroatoms. The zero-order valence-corrected chi connectivity index (χ0v) is 23.0. The van der Waals surface area contributed by atoms with E-state index in [4.69, 9.17) is 18.6 Å². The number of Topliss-reactive ketones (excluding diaryl/α,β-unsaturated/α-hetero) is 1. The Bertz CT molecular complexity index is 1600. The Kier molecular flexibility index (Phi) is 6.97. The molecule has 208 valence electrons. The summed E-state index contributed by atoms with van der Waals surface area (Å²) in [6.07, 6.45) is 2.41. The number of ether oxygens (including phenoxy) is 3. The second-order valence-corrected chi connectivity index (χ2v) is 9.98. The van der Waals surface area contributed by atoms with Gasteiger partial charge in [0.1, 0.15) is 5.76 Å². The van der Waals surface area contributed by atoms with E-state index in [2.05, 4.69) is 5.32 Å². The molecule has 1 aliphatic carbocycles. The first-order valence-corrected chi connectivity index (χ1v) is 13.4. The number of hydrogen-bond acceptors (Lipinski definition) is 7. The van der Waals surface area contributed by atoms with Gasteiger partial charge in [0.25, 0.3) is 5.91 Å². The summed E-state index contributed by atoms with van der Waals surface area (Å²) in [5.74, 6) is 1.59. The van der Waals surface area contributed by atoms with Crippen LogP contribution in [0.1, 0.15) is 46.5 Å². The van der Waals surface area contributed by atoms with Gasteiger partial charge in [-0.25, -0.2) is 0 Å². The van der Waals surface area contributed by atoms with Gasteiger partial charge in [-0.05, 0) is 60.5 Å². The van der Waals surface area contributed by atoms with E-state index in [1.54, 1.807) is 37.5 Å². The van der Waals surface area contributed by atoms with E-state index in [-0.39, 0.29) is 24.0 Å². The third-order valence-corrected chi connectivity index (χ3v) is 7.68. The first-order chi connectivity index (χ1) is 20.0. The molecule has 4 aromatic rings. The molecule has 3 aromatic carbocycles. The van der Waals surface area contributed by atoms with Gasteiger partial charge in [0.15, 0.2) is 17.3 Å². The number of rotatable bonds is 6. The molecule has 1 aromatic heterocycles. The largest absolute Gasteiger partial charge is 0.493 e. The molecule has 1 N–H and O–H groups in total. The van der Waals surface area contributed by atoms with Gasteiger partial charge in [-0.1, -0.05) is 30.3 Å². The summed E-state index contributed by atoms with van der Waals surface area (Å²) in [7, 11) is 4.63. The number of fused-ring (bicyclic) bond motifs is 1. The van der Waals surface area contributed by atoms with Crippen LogP contribution in [0.5, 0.6) is 17.2 Å². The number of carbonyl (C=O) groups excluding carboxylic acids is 2. The number of nitrogens with zero attached hydrogens (tertiary/aromatic N) is 1. The Hall–Kier alpha value is -4.98. The first kappa shape index (κ1) is 26.3. The van der Waals surface area contributed by atoms with Crippen LogP contribution in [0.25, 0.3) is 0 Å². The van der Waals surface area contributed by atoms with Crippen molar-refractivity contribution in [2.24, 2.45) is 0 Å². The van der Waals surface area contributed by atoms with Gasteiger partial charge < -0.3 is 23.9 Å². The van der Waals surface area contributed by atoms with E-state index >= 15 is 0 Å². The lowest BCUT2D eigenvalue weighted by molar-refractivity contribution is -0.116. The van der Waals surface area contributed by atoms with Crippen LogP contribution in [-0.4, -0.2) is 33.0 Å². The van der Waals surface area contributed by atoms with Crippen molar-refractivity contribution < 1.29 is 28.2 Å². The van der Waals surface area contributed by atoms with Gasteiger partial charge in [-0.3, -0.25) is 14.5 Å². The highest BCUT2D eigenvalue weighted by atomic mass is 16.5. The Morgan fingerprint density at radius 2 is 1.59 bits per heavy atom. The second-order valence-electron chi connectivity index (χ2n) is 9.98. The molecule has 2 heterocycles. The van der Waals surface area contributed by atoms with Crippen LogP contribution >= 0.6 is 0 Å². The number of hydrogen-bond donors (Lipinski definition) is 1. The summed E-state index contributed by atoms with van der Waals surface area (Å²) < 4.78 is 22.6. The minimum absolute atomic E-state index is 0.0717. The number of carbonyl (C=O) groups is 2. The molecule has 0 fully saturated rings. The van der Waals surface area contributed by atoms with Crippen molar-refractivity contribution in [3.8, 4) is 17.2 Å². The number of benzene rings is 3. The van der Waals surface area contributed by atoms with Crippen molar-refractivity contribution in [1.82, 2.24) is 0 Å². The Balaban J connectivity index is 1.62. The lowest BCUT2D eigenvalue weighted by Crippen LogP contribution is -2.38.